The Morgan fingerprint density at radius 3 is 2.80 bits per heavy atom. The van der Waals surface area contributed by atoms with Crippen molar-refractivity contribution < 1.29 is 4.79 Å². The number of hydrogen-bond donors (Lipinski definition) is 1. The fraction of sp³-hybridized carbons (Fsp3) is 0.357. The van der Waals surface area contributed by atoms with Crippen LogP contribution in [0.25, 0.3) is 0 Å². The van der Waals surface area contributed by atoms with Gasteiger partial charge in [0, 0.05) is 38.5 Å². The van der Waals surface area contributed by atoms with Crippen LogP contribution >= 0.6 is 0 Å². The Morgan fingerprint density at radius 1 is 1.35 bits per heavy atom. The van der Waals surface area contributed by atoms with Crippen LogP contribution in [0.5, 0.6) is 0 Å². The van der Waals surface area contributed by atoms with Gasteiger partial charge < -0.3 is 9.88 Å². The molecular weight excluding hydrogens is 256 g/mol. The molecule has 3 rings (SSSR count). The van der Waals surface area contributed by atoms with Crippen LogP contribution in [0.2, 0.25) is 0 Å². The first kappa shape index (κ1) is 12.7. The highest BCUT2D eigenvalue weighted by molar-refractivity contribution is 5.95. The highest BCUT2D eigenvalue weighted by Gasteiger charge is 2.44. The number of aryl methyl sites for hydroxylation is 2. The molecule has 1 fully saturated rings. The van der Waals surface area contributed by atoms with Gasteiger partial charge in [-0.25, -0.2) is 0 Å². The molecule has 1 aliphatic carbocycles. The molecule has 6 heteroatoms. The van der Waals surface area contributed by atoms with E-state index in [1.165, 1.54) is 10.6 Å². The predicted molar refractivity (Wildman–Crippen MR) is 74.4 cm³/mol. The van der Waals surface area contributed by atoms with E-state index in [4.69, 9.17) is 0 Å². The summed E-state index contributed by atoms with van der Waals surface area (Å²) < 4.78 is 3.19. The van der Waals surface area contributed by atoms with Crippen LogP contribution in [0, 0.1) is 5.92 Å². The molecule has 0 spiro atoms. The number of amides is 1. The predicted octanol–water partition coefficient (Wildman–Crippen LogP) is 0.861. The summed E-state index contributed by atoms with van der Waals surface area (Å²) in [5, 5.41) is 6.98. The highest BCUT2D eigenvalue weighted by Crippen LogP contribution is 2.47. The molecule has 0 unspecified atom stereocenters. The van der Waals surface area contributed by atoms with Gasteiger partial charge in [0.2, 0.25) is 11.5 Å². The van der Waals surface area contributed by atoms with E-state index in [1.54, 1.807) is 24.0 Å². The molecule has 0 bridgehead atoms. The largest absolute Gasteiger partial charge is 0.325 e. The Bertz CT molecular complexity index is 716. The third-order valence-corrected chi connectivity index (χ3v) is 3.63. The summed E-state index contributed by atoms with van der Waals surface area (Å²) >= 11 is 0. The van der Waals surface area contributed by atoms with Gasteiger partial charge in [-0.1, -0.05) is 0 Å². The topological polar surface area (TPSA) is 68.9 Å². The van der Waals surface area contributed by atoms with E-state index in [9.17, 15) is 9.59 Å². The zero-order chi connectivity index (χ0) is 14.3. The second kappa shape index (κ2) is 4.63. The molecular formula is C14H16N4O2. The van der Waals surface area contributed by atoms with E-state index in [0.29, 0.717) is 5.69 Å². The number of hydrogen-bond acceptors (Lipinski definition) is 3. The third-order valence-electron chi connectivity index (χ3n) is 3.63. The van der Waals surface area contributed by atoms with E-state index < -0.39 is 0 Å². The van der Waals surface area contributed by atoms with Gasteiger partial charge in [-0.05, 0) is 24.0 Å². The minimum atomic E-state index is -0.0948. The van der Waals surface area contributed by atoms with Crippen LogP contribution in [0.4, 0.5) is 5.69 Å². The number of anilines is 1. The first-order chi connectivity index (χ1) is 9.54. The molecule has 6 nitrogen and oxygen atoms in total. The van der Waals surface area contributed by atoms with Crippen molar-refractivity contribution in [3.63, 3.8) is 0 Å². The maximum atomic E-state index is 12.1. The summed E-state index contributed by atoms with van der Waals surface area (Å²) in [6, 6.07) is 3.07. The van der Waals surface area contributed by atoms with Crippen molar-refractivity contribution in [2.24, 2.45) is 20.0 Å². The van der Waals surface area contributed by atoms with E-state index in [0.717, 1.165) is 12.0 Å². The summed E-state index contributed by atoms with van der Waals surface area (Å²) in [4.78, 5) is 23.4. The smallest absolute Gasteiger partial charge is 0.250 e. The zero-order valence-corrected chi connectivity index (χ0v) is 11.4. The van der Waals surface area contributed by atoms with Crippen LogP contribution in [0.15, 0.2) is 35.5 Å². The lowest BCUT2D eigenvalue weighted by atomic mass is 10.2. The zero-order valence-electron chi connectivity index (χ0n) is 11.4. The summed E-state index contributed by atoms with van der Waals surface area (Å²) in [7, 11) is 3.53. The van der Waals surface area contributed by atoms with Gasteiger partial charge in [0.25, 0.3) is 0 Å². The van der Waals surface area contributed by atoms with E-state index in [1.807, 2.05) is 19.4 Å². The number of carbonyl (C=O) groups excluding carboxylic acids is 1. The average molecular weight is 272 g/mol. The van der Waals surface area contributed by atoms with Crippen molar-refractivity contribution in [3.05, 3.63) is 46.6 Å². The van der Waals surface area contributed by atoms with Gasteiger partial charge in [0.05, 0.1) is 11.9 Å². The monoisotopic (exact) mass is 272 g/mol. The van der Waals surface area contributed by atoms with Gasteiger partial charge >= 0.3 is 0 Å². The lowest BCUT2D eigenvalue weighted by Gasteiger charge is -2.06. The maximum Gasteiger partial charge on any atom is 0.250 e. The number of nitrogens with zero attached hydrogens (tertiary/aromatic N) is 3. The number of nitrogens with one attached hydrogen (secondary N) is 1. The SMILES string of the molecule is Cn1cc([C@H]2C[C@H]2C(=O)Nc2ccc(=O)n(C)c2)cn1. The molecule has 0 aromatic carbocycles. The third kappa shape index (κ3) is 2.36. The van der Waals surface area contributed by atoms with Crippen molar-refractivity contribution in [3.8, 4) is 0 Å². The minimum absolute atomic E-state index is 0.00231. The summed E-state index contributed by atoms with van der Waals surface area (Å²) in [5.74, 6) is 0.255. The Hall–Kier alpha value is -2.37. The van der Waals surface area contributed by atoms with Gasteiger partial charge in [-0.2, -0.15) is 5.10 Å². The maximum absolute atomic E-state index is 12.1. The second-order valence-corrected chi connectivity index (χ2v) is 5.25. The number of aromatic nitrogens is 3. The summed E-state index contributed by atoms with van der Waals surface area (Å²) in [6.07, 6.45) is 6.24. The number of pyridine rings is 1. The first-order valence-corrected chi connectivity index (χ1v) is 6.50. The Morgan fingerprint density at radius 2 is 2.15 bits per heavy atom. The van der Waals surface area contributed by atoms with E-state index in [2.05, 4.69) is 10.4 Å². The van der Waals surface area contributed by atoms with Gasteiger partial charge in [0.15, 0.2) is 0 Å². The average Bonchev–Trinajstić information content (AvgIpc) is 3.10. The van der Waals surface area contributed by atoms with Crippen molar-refractivity contribution in [1.29, 1.82) is 0 Å². The van der Waals surface area contributed by atoms with Crippen molar-refractivity contribution in [2.75, 3.05) is 5.32 Å². The number of carbonyl (C=O) groups is 1. The standard InChI is InChI=1S/C14H16N4O2/c1-17-8-10(3-4-13(17)19)16-14(20)12-5-11(12)9-6-15-18(2)7-9/h3-4,6-8,11-12H,5H2,1-2H3,(H,16,20)/t11-,12-/m1/s1. The lowest BCUT2D eigenvalue weighted by Crippen LogP contribution is -2.19. The molecule has 1 amide bonds. The van der Waals surface area contributed by atoms with Crippen LogP contribution in [-0.2, 0) is 18.9 Å². The molecule has 1 saturated carbocycles. The molecule has 0 aliphatic heterocycles. The van der Waals surface area contributed by atoms with Crippen LogP contribution < -0.4 is 10.9 Å². The van der Waals surface area contributed by atoms with Gasteiger partial charge in [-0.3, -0.25) is 14.3 Å². The van der Waals surface area contributed by atoms with Crippen molar-refractivity contribution in [1.82, 2.24) is 14.3 Å². The van der Waals surface area contributed by atoms with Crippen molar-refractivity contribution >= 4 is 11.6 Å². The molecule has 1 N–H and O–H groups in total. The van der Waals surface area contributed by atoms with Gasteiger partial charge in [0.1, 0.15) is 0 Å². The molecule has 2 aromatic rings. The first-order valence-electron chi connectivity index (χ1n) is 6.50. The second-order valence-electron chi connectivity index (χ2n) is 5.25. The normalized spacial score (nSPS) is 20.7. The quantitative estimate of drug-likeness (QED) is 0.901. The molecule has 104 valence electrons. The van der Waals surface area contributed by atoms with Crippen LogP contribution in [0.1, 0.15) is 17.9 Å². The number of rotatable bonds is 3. The fourth-order valence-corrected chi connectivity index (χ4v) is 2.39. The van der Waals surface area contributed by atoms with Crippen LogP contribution in [-0.4, -0.2) is 20.3 Å². The minimum Gasteiger partial charge on any atom is -0.325 e. The fourth-order valence-electron chi connectivity index (χ4n) is 2.39. The summed E-state index contributed by atoms with van der Waals surface area (Å²) in [6.45, 7) is 0. The van der Waals surface area contributed by atoms with E-state index in [-0.39, 0.29) is 23.3 Å². The highest BCUT2D eigenvalue weighted by atomic mass is 16.2. The van der Waals surface area contributed by atoms with E-state index >= 15 is 0 Å². The molecule has 1 aliphatic rings. The molecule has 0 saturated heterocycles. The molecule has 0 radical (unpaired) electrons. The molecule has 2 atom stereocenters. The Kier molecular flexibility index (Phi) is 2.93. The Labute approximate surface area is 116 Å². The van der Waals surface area contributed by atoms with Crippen molar-refractivity contribution in [2.45, 2.75) is 12.3 Å². The molecule has 2 aromatic heterocycles. The van der Waals surface area contributed by atoms with Gasteiger partial charge in [-0.15, -0.1) is 0 Å². The lowest BCUT2D eigenvalue weighted by molar-refractivity contribution is -0.117. The molecule has 20 heavy (non-hydrogen) atoms. The summed E-state index contributed by atoms with van der Waals surface area (Å²) in [5.41, 5.74) is 1.66. The van der Waals surface area contributed by atoms with Crippen LogP contribution in [0.3, 0.4) is 0 Å². The Balaban J connectivity index is 1.66. The molecule has 2 heterocycles.